The van der Waals surface area contributed by atoms with Crippen LogP contribution in [0.5, 0.6) is 0 Å². The Morgan fingerprint density at radius 3 is 1.67 bits per heavy atom. The van der Waals surface area contributed by atoms with Crippen LogP contribution in [-0.2, 0) is 32.6 Å². The van der Waals surface area contributed by atoms with Crippen LogP contribution >= 0.6 is 0 Å². The van der Waals surface area contributed by atoms with Crippen LogP contribution in [0, 0.1) is 0 Å². The number of carbonyl (C=O) groups excluding carboxylic acids is 3. The zero-order chi connectivity index (χ0) is 41.3. The lowest BCUT2D eigenvalue weighted by Gasteiger charge is -2.17. The highest BCUT2D eigenvalue weighted by atomic mass is 16.4. The molecule has 1 aliphatic carbocycles. The molecule has 2 aromatic carbocycles. The van der Waals surface area contributed by atoms with Gasteiger partial charge in [-0.25, -0.2) is 28.7 Å². The van der Waals surface area contributed by atoms with E-state index < -0.39 is 5.97 Å². The largest absolute Gasteiger partial charge is 0.476 e. The van der Waals surface area contributed by atoms with Gasteiger partial charge in [0, 0.05) is 51.4 Å². The molecule has 5 aliphatic rings. The van der Waals surface area contributed by atoms with E-state index in [1.165, 1.54) is 10.9 Å². The fourth-order valence-corrected chi connectivity index (χ4v) is 9.25. The summed E-state index contributed by atoms with van der Waals surface area (Å²) < 4.78 is 3.20. The van der Waals surface area contributed by atoms with Crippen LogP contribution in [0.1, 0.15) is 98.9 Å². The molecule has 4 fully saturated rings. The molecule has 4 aliphatic heterocycles. The van der Waals surface area contributed by atoms with Crippen molar-refractivity contribution in [2.45, 2.75) is 89.1 Å². The molecule has 0 radical (unpaired) electrons. The van der Waals surface area contributed by atoms with Crippen LogP contribution in [-0.4, -0.2) is 122 Å². The van der Waals surface area contributed by atoms with Gasteiger partial charge in [0.1, 0.15) is 11.5 Å². The summed E-state index contributed by atoms with van der Waals surface area (Å²) in [6.07, 6.45) is 9.75. The van der Waals surface area contributed by atoms with Crippen molar-refractivity contribution in [3.63, 3.8) is 0 Å². The summed E-state index contributed by atoms with van der Waals surface area (Å²) in [6, 6.07) is 21.1. The van der Waals surface area contributed by atoms with Gasteiger partial charge in [-0.15, -0.1) is 10.2 Å². The molecule has 3 unspecified atom stereocenters. The Bertz CT molecular complexity index is 2400. The summed E-state index contributed by atoms with van der Waals surface area (Å²) in [5.74, 6) is -0.409. The van der Waals surface area contributed by atoms with E-state index in [4.69, 9.17) is 10.8 Å². The number of benzene rings is 2. The number of nitrogens with zero attached hydrogens (tertiary/aromatic N) is 11. The maximum absolute atomic E-state index is 12.9. The van der Waals surface area contributed by atoms with Crippen LogP contribution in [0.2, 0.25) is 0 Å². The van der Waals surface area contributed by atoms with Crippen molar-refractivity contribution >= 4 is 29.6 Å². The molecule has 310 valence electrons. The molecule has 0 spiro atoms. The molecular formula is C43H48N12O5. The first-order valence-electron chi connectivity index (χ1n) is 20.7. The van der Waals surface area contributed by atoms with E-state index in [2.05, 4.69) is 37.7 Å². The summed E-state index contributed by atoms with van der Waals surface area (Å²) in [5, 5.41) is 24.6. The number of hydrogen-bond donors (Lipinski definition) is 2. The number of anilines is 1. The van der Waals surface area contributed by atoms with Crippen LogP contribution in [0.15, 0.2) is 73.1 Å². The Morgan fingerprint density at radius 2 is 1.17 bits per heavy atom. The van der Waals surface area contributed by atoms with Crippen molar-refractivity contribution in [1.29, 1.82) is 0 Å². The number of aryl methyl sites for hydroxylation is 1. The Balaban J connectivity index is 0.000000163. The molecule has 0 bridgehead atoms. The van der Waals surface area contributed by atoms with Gasteiger partial charge in [-0.2, -0.15) is 0 Å². The Labute approximate surface area is 346 Å². The third kappa shape index (κ3) is 8.28. The van der Waals surface area contributed by atoms with Gasteiger partial charge in [0.15, 0.2) is 11.5 Å². The predicted molar refractivity (Wildman–Crippen MR) is 218 cm³/mol. The van der Waals surface area contributed by atoms with Gasteiger partial charge in [0.25, 0.3) is 0 Å². The number of hydrogen-bond acceptors (Lipinski definition) is 10. The number of aromatic carboxylic acids is 1. The highest BCUT2D eigenvalue weighted by Gasteiger charge is 2.40. The molecule has 0 saturated carbocycles. The number of nitrogens with two attached hydrogens (primary N) is 1. The maximum atomic E-state index is 12.9. The molecule has 3 aromatic heterocycles. The minimum absolute atomic E-state index is 0.00272. The van der Waals surface area contributed by atoms with Crippen molar-refractivity contribution < 1.29 is 24.3 Å². The van der Waals surface area contributed by atoms with Gasteiger partial charge >= 0.3 is 18.0 Å². The van der Waals surface area contributed by atoms with Crippen molar-refractivity contribution in [2.75, 3.05) is 31.9 Å². The number of urea groups is 2. The third-order valence-corrected chi connectivity index (χ3v) is 12.3. The fraction of sp³-hybridized carbons (Fsp3) is 0.419. The van der Waals surface area contributed by atoms with Gasteiger partial charge in [-0.05, 0) is 78.3 Å². The molecule has 4 amide bonds. The van der Waals surface area contributed by atoms with Gasteiger partial charge < -0.3 is 30.4 Å². The first kappa shape index (κ1) is 38.8. The fourth-order valence-electron chi connectivity index (χ4n) is 9.25. The molecule has 3 atom stereocenters. The predicted octanol–water partition coefficient (Wildman–Crippen LogP) is 4.43. The van der Waals surface area contributed by atoms with Crippen LogP contribution in [0.25, 0.3) is 0 Å². The Hall–Kier alpha value is -6.65. The van der Waals surface area contributed by atoms with Crippen molar-refractivity contribution in [3.8, 4) is 0 Å². The maximum Gasteiger partial charge on any atom is 0.358 e. The van der Waals surface area contributed by atoms with E-state index in [-0.39, 0.29) is 29.5 Å². The topological polar surface area (TPSA) is 202 Å². The number of aromatic nitrogens is 7. The van der Waals surface area contributed by atoms with E-state index in [1.54, 1.807) is 16.9 Å². The molecule has 3 N–H and O–H groups in total. The Kier molecular flexibility index (Phi) is 10.7. The van der Waals surface area contributed by atoms with Crippen molar-refractivity contribution in [2.24, 2.45) is 0 Å². The number of carboxylic acids is 1. The summed E-state index contributed by atoms with van der Waals surface area (Å²) in [5.41, 5.74) is 12.5. The highest BCUT2D eigenvalue weighted by molar-refractivity contribution is 5.94. The molecule has 17 nitrogen and oxygen atoms in total. The quantitative estimate of drug-likeness (QED) is 0.169. The summed E-state index contributed by atoms with van der Waals surface area (Å²) in [4.78, 5) is 60.8. The number of fused-ring (bicyclic) bond motifs is 3. The molecule has 7 heterocycles. The van der Waals surface area contributed by atoms with E-state index in [0.717, 1.165) is 98.2 Å². The average molecular weight is 813 g/mol. The second-order valence-corrected chi connectivity index (χ2v) is 16.5. The number of ketones is 1. The highest BCUT2D eigenvalue weighted by Crippen LogP contribution is 2.36. The molecule has 17 heteroatoms. The van der Waals surface area contributed by atoms with E-state index in [9.17, 15) is 19.2 Å². The van der Waals surface area contributed by atoms with Gasteiger partial charge in [0.2, 0.25) is 0 Å². The van der Waals surface area contributed by atoms with Crippen LogP contribution < -0.4 is 5.73 Å². The minimum Gasteiger partial charge on any atom is -0.476 e. The van der Waals surface area contributed by atoms with Gasteiger partial charge in [-0.1, -0.05) is 65.0 Å². The molecule has 10 rings (SSSR count). The molecular weight excluding hydrogens is 765 g/mol. The van der Waals surface area contributed by atoms with Crippen molar-refractivity contribution in [3.05, 3.63) is 118 Å². The third-order valence-electron chi connectivity index (χ3n) is 12.3. The summed E-state index contributed by atoms with van der Waals surface area (Å²) >= 11 is 0. The van der Waals surface area contributed by atoms with Crippen LogP contribution in [0.3, 0.4) is 0 Å². The zero-order valence-corrected chi connectivity index (χ0v) is 33.3. The normalized spacial score (nSPS) is 20.4. The van der Waals surface area contributed by atoms with E-state index >= 15 is 0 Å². The second kappa shape index (κ2) is 16.5. The summed E-state index contributed by atoms with van der Waals surface area (Å²) in [7, 11) is 0. The minimum atomic E-state index is -1.09. The number of Topliss-reactive ketones (excluding diaryl/α,β-unsaturated/α-hetero) is 1. The van der Waals surface area contributed by atoms with Crippen LogP contribution in [0.4, 0.5) is 15.4 Å². The smallest absolute Gasteiger partial charge is 0.358 e. The van der Waals surface area contributed by atoms with E-state index in [0.29, 0.717) is 56.2 Å². The lowest BCUT2D eigenvalue weighted by Crippen LogP contribution is -2.31. The lowest BCUT2D eigenvalue weighted by molar-refractivity contribution is 0.0690. The zero-order valence-electron chi connectivity index (χ0n) is 33.3. The second-order valence-electron chi connectivity index (χ2n) is 16.5. The van der Waals surface area contributed by atoms with Gasteiger partial charge in [0.05, 0.1) is 37.6 Å². The number of nitrogen functional groups attached to an aromatic ring is 1. The first-order chi connectivity index (χ1) is 29.1. The Morgan fingerprint density at radius 1 is 0.667 bits per heavy atom. The van der Waals surface area contributed by atoms with Gasteiger partial charge in [-0.3, -0.25) is 4.79 Å². The summed E-state index contributed by atoms with van der Waals surface area (Å²) in [6.45, 7) is 5.67. The molecule has 60 heavy (non-hydrogen) atoms. The number of amides is 4. The number of carbonyl (C=O) groups is 4. The van der Waals surface area contributed by atoms with E-state index in [1.807, 2.05) is 62.1 Å². The average Bonchev–Trinajstić information content (AvgIpc) is 4.11. The number of carboxylic acid groups (broad SMARTS) is 1. The number of rotatable bonds is 12. The molecule has 5 aromatic rings. The first-order valence-corrected chi connectivity index (χ1v) is 20.7. The monoisotopic (exact) mass is 812 g/mol. The molecule has 4 saturated heterocycles. The standard InChI is InChI=1S/C26H29N7O2.C17H19N5O3/c27-25-10-8-21-19(7-9-22(21)28-25)12-24(34)23-16-32(30-29-23)14-18-5-3-17(4-6-18)13-31-15-20-2-1-11-33(20)26(31)35;23-16(24)15-11-21(19-18-15)9-13-5-3-12(4-6-13)8-20-10-14-2-1-7-22(14)17(20)25/h3-6,8,10,16,19-20H,1-2,7,9,11-15H2,(H2,27,28);3-6,11,14H,1-2,7-10H2,(H,23,24). The number of pyridine rings is 1. The SMILES string of the molecule is Nc1ccc2c(n1)CCC2CC(=O)c1cn(Cc2ccc(CN3CC4CCCN4C3=O)cc2)nn1.O=C(O)c1cn(Cc2ccc(CN3CC4CCCN4C3=O)cc2)nn1. The van der Waals surface area contributed by atoms with Crippen molar-refractivity contribution in [1.82, 2.24) is 54.6 Å². The lowest BCUT2D eigenvalue weighted by atomic mass is 9.95.